The SMILES string of the molecule is COC(=O)C1CCCN(c2ncc(Cl)cc2[N+](=O)[O-])C1. The molecule has 0 amide bonds. The van der Waals surface area contributed by atoms with Crippen LogP contribution in [0.25, 0.3) is 0 Å². The summed E-state index contributed by atoms with van der Waals surface area (Å²) in [5.41, 5.74) is -0.150. The highest BCUT2D eigenvalue weighted by Crippen LogP contribution is 2.31. The van der Waals surface area contributed by atoms with Gasteiger partial charge in [0, 0.05) is 25.4 Å². The molecule has 0 aromatic carbocycles. The maximum atomic E-state index is 11.6. The van der Waals surface area contributed by atoms with Crippen molar-refractivity contribution in [1.29, 1.82) is 0 Å². The van der Waals surface area contributed by atoms with E-state index in [9.17, 15) is 14.9 Å². The Morgan fingerprint density at radius 2 is 2.40 bits per heavy atom. The molecule has 1 aliphatic heterocycles. The first kappa shape index (κ1) is 14.5. The van der Waals surface area contributed by atoms with E-state index in [0.717, 1.165) is 6.42 Å². The Morgan fingerprint density at radius 1 is 1.65 bits per heavy atom. The van der Waals surface area contributed by atoms with Crippen molar-refractivity contribution in [2.24, 2.45) is 5.92 Å². The summed E-state index contributed by atoms with van der Waals surface area (Å²) in [6.45, 7) is 0.977. The van der Waals surface area contributed by atoms with Crippen LogP contribution in [0.4, 0.5) is 11.5 Å². The van der Waals surface area contributed by atoms with Crippen LogP contribution in [0.15, 0.2) is 12.3 Å². The highest BCUT2D eigenvalue weighted by molar-refractivity contribution is 6.30. The Bertz CT molecular complexity index is 537. The molecule has 2 heterocycles. The molecule has 2 rings (SSSR count). The molecule has 0 bridgehead atoms. The Hall–Kier alpha value is -1.89. The van der Waals surface area contributed by atoms with Crippen LogP contribution in [0.5, 0.6) is 0 Å². The molecule has 20 heavy (non-hydrogen) atoms. The van der Waals surface area contributed by atoms with Gasteiger partial charge < -0.3 is 9.64 Å². The Kier molecular flexibility index (Phi) is 4.39. The molecule has 0 spiro atoms. The van der Waals surface area contributed by atoms with Gasteiger partial charge in [-0.05, 0) is 12.8 Å². The molecular formula is C12H14ClN3O4. The van der Waals surface area contributed by atoms with Gasteiger partial charge in [0.15, 0.2) is 0 Å². The lowest BCUT2D eigenvalue weighted by Crippen LogP contribution is -2.39. The molecule has 0 saturated carbocycles. The molecule has 1 atom stereocenters. The van der Waals surface area contributed by atoms with Crippen LogP contribution in [0.1, 0.15) is 12.8 Å². The first-order chi connectivity index (χ1) is 9.52. The fourth-order valence-electron chi connectivity index (χ4n) is 2.33. The number of halogens is 1. The van der Waals surface area contributed by atoms with Crippen LogP contribution in [-0.4, -0.2) is 36.1 Å². The first-order valence-electron chi connectivity index (χ1n) is 6.15. The maximum Gasteiger partial charge on any atom is 0.313 e. The second-order valence-corrected chi connectivity index (χ2v) is 5.00. The molecular weight excluding hydrogens is 286 g/mol. The average molecular weight is 300 g/mol. The number of rotatable bonds is 3. The Labute approximate surface area is 120 Å². The van der Waals surface area contributed by atoms with Crippen LogP contribution in [-0.2, 0) is 9.53 Å². The van der Waals surface area contributed by atoms with Crippen LogP contribution in [0.2, 0.25) is 5.02 Å². The van der Waals surface area contributed by atoms with Crippen molar-refractivity contribution in [3.8, 4) is 0 Å². The highest BCUT2D eigenvalue weighted by atomic mass is 35.5. The number of piperidine rings is 1. The zero-order chi connectivity index (χ0) is 14.7. The molecule has 108 valence electrons. The maximum absolute atomic E-state index is 11.6. The quantitative estimate of drug-likeness (QED) is 0.482. The van der Waals surface area contributed by atoms with Gasteiger partial charge in [0.05, 0.1) is 23.0 Å². The summed E-state index contributed by atoms with van der Waals surface area (Å²) in [4.78, 5) is 27.9. The fraction of sp³-hybridized carbons (Fsp3) is 0.500. The van der Waals surface area contributed by atoms with E-state index in [0.29, 0.717) is 19.5 Å². The molecule has 1 fully saturated rings. The van der Waals surface area contributed by atoms with E-state index >= 15 is 0 Å². The lowest BCUT2D eigenvalue weighted by Gasteiger charge is -2.31. The van der Waals surface area contributed by atoms with Crippen LogP contribution >= 0.6 is 11.6 Å². The number of hydrogen-bond donors (Lipinski definition) is 0. The van der Waals surface area contributed by atoms with Gasteiger partial charge in [-0.25, -0.2) is 4.98 Å². The van der Waals surface area contributed by atoms with Crippen molar-refractivity contribution in [2.75, 3.05) is 25.1 Å². The molecule has 1 aliphatic rings. The topological polar surface area (TPSA) is 85.6 Å². The Balaban J connectivity index is 2.27. The van der Waals surface area contributed by atoms with Gasteiger partial charge in [-0.1, -0.05) is 11.6 Å². The predicted molar refractivity (Wildman–Crippen MR) is 72.9 cm³/mol. The van der Waals surface area contributed by atoms with Crippen molar-refractivity contribution in [1.82, 2.24) is 4.98 Å². The minimum absolute atomic E-state index is 0.150. The summed E-state index contributed by atoms with van der Waals surface area (Å²) in [6, 6.07) is 1.27. The van der Waals surface area contributed by atoms with Gasteiger partial charge in [0.2, 0.25) is 5.82 Å². The molecule has 0 radical (unpaired) electrons. The summed E-state index contributed by atoms with van der Waals surface area (Å²) >= 11 is 5.74. The molecule has 1 aromatic heterocycles. The van der Waals surface area contributed by atoms with E-state index in [1.807, 2.05) is 0 Å². The fourth-order valence-corrected chi connectivity index (χ4v) is 2.48. The third-order valence-corrected chi connectivity index (χ3v) is 3.47. The highest BCUT2D eigenvalue weighted by Gasteiger charge is 2.30. The van der Waals surface area contributed by atoms with Crippen molar-refractivity contribution in [2.45, 2.75) is 12.8 Å². The van der Waals surface area contributed by atoms with Crippen molar-refractivity contribution in [3.63, 3.8) is 0 Å². The van der Waals surface area contributed by atoms with Crippen molar-refractivity contribution < 1.29 is 14.5 Å². The second kappa shape index (κ2) is 6.04. The Morgan fingerprint density at radius 3 is 3.05 bits per heavy atom. The number of anilines is 1. The number of esters is 1. The number of nitrogens with zero attached hydrogens (tertiary/aromatic N) is 3. The summed E-state index contributed by atoms with van der Waals surface area (Å²) in [7, 11) is 1.34. The number of pyridine rings is 1. The largest absolute Gasteiger partial charge is 0.469 e. The van der Waals surface area contributed by atoms with Crippen molar-refractivity contribution in [3.05, 3.63) is 27.4 Å². The van der Waals surface area contributed by atoms with E-state index in [-0.39, 0.29) is 28.4 Å². The number of carbonyl (C=O) groups excluding carboxylic acids is 1. The summed E-state index contributed by atoms with van der Waals surface area (Å²) < 4.78 is 4.73. The number of nitro groups is 1. The minimum atomic E-state index is -0.518. The van der Waals surface area contributed by atoms with E-state index in [1.165, 1.54) is 19.4 Å². The summed E-state index contributed by atoms with van der Waals surface area (Å²) in [5, 5.41) is 11.3. The summed E-state index contributed by atoms with van der Waals surface area (Å²) in [5.74, 6) is -0.342. The second-order valence-electron chi connectivity index (χ2n) is 4.56. The molecule has 1 saturated heterocycles. The van der Waals surface area contributed by atoms with Gasteiger partial charge in [-0.3, -0.25) is 14.9 Å². The third kappa shape index (κ3) is 2.98. The number of ether oxygens (including phenoxy) is 1. The molecule has 1 aromatic rings. The average Bonchev–Trinajstić information content (AvgIpc) is 2.46. The van der Waals surface area contributed by atoms with Gasteiger partial charge in [-0.2, -0.15) is 0 Å². The normalized spacial score (nSPS) is 18.7. The zero-order valence-corrected chi connectivity index (χ0v) is 11.7. The number of carbonyl (C=O) groups is 1. The minimum Gasteiger partial charge on any atom is -0.469 e. The van der Waals surface area contributed by atoms with Crippen LogP contribution < -0.4 is 4.90 Å². The lowest BCUT2D eigenvalue weighted by atomic mass is 9.98. The lowest BCUT2D eigenvalue weighted by molar-refractivity contribution is -0.384. The predicted octanol–water partition coefficient (Wildman–Crippen LogP) is 2.03. The standard InChI is InChI=1S/C12H14ClN3O4/c1-20-12(17)8-3-2-4-15(7-8)11-10(16(18)19)5-9(13)6-14-11/h5-6,8H,2-4,7H2,1H3. The third-order valence-electron chi connectivity index (χ3n) is 3.27. The van der Waals surface area contributed by atoms with Crippen LogP contribution in [0.3, 0.4) is 0 Å². The summed E-state index contributed by atoms with van der Waals surface area (Å²) in [6.07, 6.45) is 2.83. The molecule has 7 nitrogen and oxygen atoms in total. The zero-order valence-electron chi connectivity index (χ0n) is 10.9. The number of hydrogen-bond acceptors (Lipinski definition) is 6. The number of methoxy groups -OCH3 is 1. The van der Waals surface area contributed by atoms with Gasteiger partial charge in [-0.15, -0.1) is 0 Å². The molecule has 1 unspecified atom stereocenters. The van der Waals surface area contributed by atoms with Gasteiger partial charge >= 0.3 is 11.7 Å². The van der Waals surface area contributed by atoms with Crippen molar-refractivity contribution >= 4 is 29.1 Å². The van der Waals surface area contributed by atoms with E-state index in [1.54, 1.807) is 4.90 Å². The van der Waals surface area contributed by atoms with E-state index < -0.39 is 4.92 Å². The van der Waals surface area contributed by atoms with Gasteiger partial charge in [0.25, 0.3) is 0 Å². The van der Waals surface area contributed by atoms with Crippen LogP contribution in [0, 0.1) is 16.0 Å². The first-order valence-corrected chi connectivity index (χ1v) is 6.53. The van der Waals surface area contributed by atoms with Gasteiger partial charge in [0.1, 0.15) is 0 Å². The van der Waals surface area contributed by atoms with E-state index in [4.69, 9.17) is 16.3 Å². The number of aromatic nitrogens is 1. The monoisotopic (exact) mass is 299 g/mol. The molecule has 8 heteroatoms. The smallest absolute Gasteiger partial charge is 0.313 e. The molecule has 0 aliphatic carbocycles. The van der Waals surface area contributed by atoms with E-state index in [2.05, 4.69) is 4.98 Å². The molecule has 0 N–H and O–H groups in total.